The molecule has 0 unspecified atom stereocenters. The summed E-state index contributed by atoms with van der Waals surface area (Å²) < 4.78 is 6.91. The monoisotopic (exact) mass is 192 g/mol. The predicted molar refractivity (Wildman–Crippen MR) is 50.4 cm³/mol. The van der Waals surface area contributed by atoms with Crippen molar-refractivity contribution in [3.63, 3.8) is 0 Å². The quantitative estimate of drug-likeness (QED) is 0.626. The largest absolute Gasteiger partial charge is 0.526 e. The molecule has 0 radical (unpaired) electrons. The number of nitrogens with zero attached hydrogens (tertiary/aromatic N) is 2. The van der Waals surface area contributed by atoms with Crippen molar-refractivity contribution in [2.24, 2.45) is 0 Å². The van der Waals surface area contributed by atoms with Gasteiger partial charge in [-0.15, -0.1) is 0 Å². The normalized spacial score (nSPS) is 10.5. The third kappa shape index (κ3) is 1.45. The Morgan fingerprint density at radius 1 is 1.43 bits per heavy atom. The van der Waals surface area contributed by atoms with Crippen LogP contribution in [-0.4, -0.2) is 26.7 Å². The molecular weight excluding hydrogens is 183 g/mol. The van der Waals surface area contributed by atoms with Crippen LogP contribution >= 0.6 is 0 Å². The van der Waals surface area contributed by atoms with Gasteiger partial charge in [0, 0.05) is 18.5 Å². The van der Waals surface area contributed by atoms with Crippen molar-refractivity contribution >= 4 is 12.8 Å². The van der Waals surface area contributed by atoms with Gasteiger partial charge in [0.2, 0.25) is 5.88 Å². The van der Waals surface area contributed by atoms with Gasteiger partial charge < -0.3 is 14.5 Å². The first-order valence-corrected chi connectivity index (χ1v) is 4.14. The summed E-state index contributed by atoms with van der Waals surface area (Å²) in [5.74, 6) is 1.29. The maximum Gasteiger partial charge on any atom is 0.526 e. The van der Waals surface area contributed by atoms with Crippen molar-refractivity contribution in [3.05, 3.63) is 30.4 Å². The van der Waals surface area contributed by atoms with Crippen LogP contribution in [0.4, 0.5) is 0 Å². The van der Waals surface area contributed by atoms with Gasteiger partial charge in [0.15, 0.2) is 0 Å². The van der Waals surface area contributed by atoms with E-state index in [4.69, 9.17) is 14.5 Å². The molecule has 2 aromatic rings. The molecule has 0 amide bonds. The van der Waals surface area contributed by atoms with Crippen molar-refractivity contribution in [2.75, 3.05) is 0 Å². The number of hydrogen-bond donors (Lipinski definition) is 2. The van der Waals surface area contributed by atoms with E-state index in [1.807, 2.05) is 6.92 Å². The Morgan fingerprint density at radius 3 is 2.71 bits per heavy atom. The molecule has 0 aliphatic carbocycles. The van der Waals surface area contributed by atoms with Crippen molar-refractivity contribution in [2.45, 2.75) is 6.92 Å². The Balaban J connectivity index is 2.39. The summed E-state index contributed by atoms with van der Waals surface area (Å²) in [5.41, 5.74) is 0.119. The van der Waals surface area contributed by atoms with Gasteiger partial charge in [-0.1, -0.05) is 0 Å². The predicted octanol–water partition coefficient (Wildman–Crippen LogP) is -0.546. The molecule has 0 bridgehead atoms. The minimum absolute atomic E-state index is 0.119. The van der Waals surface area contributed by atoms with Crippen LogP contribution in [-0.2, 0) is 0 Å². The molecule has 2 rings (SSSR count). The van der Waals surface area contributed by atoms with E-state index >= 15 is 0 Å². The Bertz CT molecular complexity index is 435. The summed E-state index contributed by atoms with van der Waals surface area (Å²) in [4.78, 5) is 4.03. The minimum Gasteiger partial charge on any atom is -0.448 e. The molecule has 0 spiro atoms. The molecule has 0 saturated carbocycles. The molecule has 0 aliphatic rings. The first-order valence-electron chi connectivity index (χ1n) is 4.14. The summed E-state index contributed by atoms with van der Waals surface area (Å²) in [6.07, 6.45) is 3.38. The van der Waals surface area contributed by atoms with E-state index in [1.165, 1.54) is 6.07 Å². The number of aromatic nitrogens is 2. The molecule has 0 saturated heterocycles. The smallest absolute Gasteiger partial charge is 0.448 e. The zero-order valence-corrected chi connectivity index (χ0v) is 7.58. The first-order chi connectivity index (χ1) is 6.68. The Kier molecular flexibility index (Phi) is 2.15. The van der Waals surface area contributed by atoms with Crippen LogP contribution in [0.2, 0.25) is 0 Å². The van der Waals surface area contributed by atoms with Gasteiger partial charge in [-0.05, 0) is 13.0 Å². The lowest BCUT2D eigenvalue weighted by molar-refractivity contribution is 0.408. The highest BCUT2D eigenvalue weighted by atomic mass is 16.4. The molecule has 5 nitrogen and oxygen atoms in total. The summed E-state index contributed by atoms with van der Waals surface area (Å²) in [6, 6.07) is 3.17. The Hall–Kier alpha value is -1.53. The fraction of sp³-hybridized carbons (Fsp3) is 0.125. The van der Waals surface area contributed by atoms with E-state index < -0.39 is 7.12 Å². The molecule has 0 aromatic carbocycles. The molecule has 72 valence electrons. The van der Waals surface area contributed by atoms with Gasteiger partial charge in [0.25, 0.3) is 0 Å². The second-order valence-electron chi connectivity index (χ2n) is 2.89. The zero-order valence-electron chi connectivity index (χ0n) is 7.58. The second-order valence-corrected chi connectivity index (χ2v) is 2.89. The molecule has 0 fully saturated rings. The summed E-state index contributed by atoms with van der Waals surface area (Å²) in [5, 5.41) is 17.7. The number of aryl methyl sites for hydroxylation is 1. The highest BCUT2D eigenvalue weighted by Crippen LogP contribution is 2.08. The zero-order chi connectivity index (χ0) is 10.1. The van der Waals surface area contributed by atoms with Gasteiger partial charge in [-0.25, -0.2) is 4.98 Å². The lowest BCUT2D eigenvalue weighted by Gasteiger charge is -1.99. The van der Waals surface area contributed by atoms with Gasteiger partial charge in [-0.2, -0.15) is 0 Å². The molecule has 2 heterocycles. The number of furan rings is 1. The highest BCUT2D eigenvalue weighted by Gasteiger charge is 2.16. The van der Waals surface area contributed by atoms with Gasteiger partial charge >= 0.3 is 7.12 Å². The van der Waals surface area contributed by atoms with Crippen molar-refractivity contribution in [1.82, 2.24) is 9.55 Å². The maximum absolute atomic E-state index is 8.84. The van der Waals surface area contributed by atoms with E-state index in [0.29, 0.717) is 5.88 Å². The lowest BCUT2D eigenvalue weighted by Crippen LogP contribution is -2.28. The van der Waals surface area contributed by atoms with Crippen LogP contribution in [0, 0.1) is 6.92 Å². The molecule has 2 aromatic heterocycles. The van der Waals surface area contributed by atoms with Gasteiger partial charge in [-0.3, -0.25) is 4.57 Å². The van der Waals surface area contributed by atoms with Crippen molar-refractivity contribution in [1.29, 1.82) is 0 Å². The average Bonchev–Trinajstić information content (AvgIpc) is 2.71. The van der Waals surface area contributed by atoms with Crippen molar-refractivity contribution in [3.8, 4) is 5.88 Å². The Labute approximate surface area is 80.8 Å². The molecular formula is C8H9BN2O3. The van der Waals surface area contributed by atoms with Gasteiger partial charge in [0.05, 0.1) is 0 Å². The Morgan fingerprint density at radius 2 is 2.21 bits per heavy atom. The number of rotatable bonds is 2. The number of hydrogen-bond acceptors (Lipinski definition) is 4. The van der Waals surface area contributed by atoms with E-state index in [9.17, 15) is 0 Å². The van der Waals surface area contributed by atoms with E-state index in [1.54, 1.807) is 23.0 Å². The third-order valence-corrected chi connectivity index (χ3v) is 1.93. The standard InChI is InChI=1S/C8H9BN2O3/c1-6-10-4-5-11(6)8-3-2-7(14-8)9(12)13/h2-5,12-13H,1H3. The summed E-state index contributed by atoms with van der Waals surface area (Å²) in [6.45, 7) is 1.83. The average molecular weight is 192 g/mol. The van der Waals surface area contributed by atoms with Crippen LogP contribution in [0.3, 0.4) is 0 Å². The van der Waals surface area contributed by atoms with Gasteiger partial charge in [0.1, 0.15) is 11.5 Å². The van der Waals surface area contributed by atoms with E-state index in [-0.39, 0.29) is 5.66 Å². The molecule has 2 N–H and O–H groups in total. The minimum atomic E-state index is -1.58. The van der Waals surface area contributed by atoms with Crippen LogP contribution in [0.5, 0.6) is 0 Å². The molecule has 6 heteroatoms. The van der Waals surface area contributed by atoms with Crippen LogP contribution in [0.25, 0.3) is 5.88 Å². The molecule has 14 heavy (non-hydrogen) atoms. The third-order valence-electron chi connectivity index (χ3n) is 1.93. The molecule has 0 aliphatic heterocycles. The SMILES string of the molecule is Cc1nccn1-c1ccc(B(O)O)o1. The van der Waals surface area contributed by atoms with Crippen molar-refractivity contribution < 1.29 is 14.5 Å². The summed E-state index contributed by atoms with van der Waals surface area (Å²) >= 11 is 0. The second kappa shape index (κ2) is 3.32. The topological polar surface area (TPSA) is 71.4 Å². The maximum atomic E-state index is 8.84. The van der Waals surface area contributed by atoms with Crippen LogP contribution in [0.1, 0.15) is 5.82 Å². The highest BCUT2D eigenvalue weighted by molar-refractivity contribution is 6.57. The van der Waals surface area contributed by atoms with Crippen LogP contribution < -0.4 is 5.66 Å². The fourth-order valence-corrected chi connectivity index (χ4v) is 1.22. The lowest BCUT2D eigenvalue weighted by atomic mass is 9.88. The van der Waals surface area contributed by atoms with E-state index in [2.05, 4.69) is 4.98 Å². The number of imidazole rings is 1. The van der Waals surface area contributed by atoms with Crippen LogP contribution in [0.15, 0.2) is 28.9 Å². The summed E-state index contributed by atoms with van der Waals surface area (Å²) in [7, 11) is -1.58. The fourth-order valence-electron chi connectivity index (χ4n) is 1.22. The molecule has 0 atom stereocenters. The van der Waals surface area contributed by atoms with E-state index in [0.717, 1.165) is 5.82 Å². The first kappa shape index (κ1) is 9.05.